The molecule has 112 valence electrons. The van der Waals surface area contributed by atoms with E-state index in [4.69, 9.17) is 5.11 Å². The first-order chi connectivity index (χ1) is 9.38. The fraction of sp³-hybridized carbons (Fsp3) is 0.462. The highest BCUT2D eigenvalue weighted by molar-refractivity contribution is 7.88. The summed E-state index contributed by atoms with van der Waals surface area (Å²) in [4.78, 5) is 11.4. The number of hydrogen-bond acceptors (Lipinski definition) is 5. The third-order valence-corrected chi connectivity index (χ3v) is 3.99. The average molecular weight is 301 g/mol. The Kier molecular flexibility index (Phi) is 6.12. The minimum Gasteiger partial charge on any atom is -0.465 e. The summed E-state index contributed by atoms with van der Waals surface area (Å²) in [6.45, 7) is 1.83. The molecule has 2 N–H and O–H groups in total. The Balaban J connectivity index is 2.74. The van der Waals surface area contributed by atoms with Crippen LogP contribution < -0.4 is 4.72 Å². The Labute approximate surface area is 118 Å². The summed E-state index contributed by atoms with van der Waals surface area (Å²) in [5, 5.41) is 8.86. The molecule has 0 amide bonds. The number of rotatable bonds is 7. The molecular weight excluding hydrogens is 282 g/mol. The van der Waals surface area contributed by atoms with Crippen molar-refractivity contribution in [3.8, 4) is 0 Å². The molecule has 1 aromatic carbocycles. The lowest BCUT2D eigenvalue weighted by Gasteiger charge is -2.10. The molecule has 1 aromatic rings. The highest BCUT2D eigenvalue weighted by Crippen LogP contribution is 2.10. The van der Waals surface area contributed by atoms with Crippen LogP contribution in [0.4, 0.5) is 0 Å². The van der Waals surface area contributed by atoms with Crippen LogP contribution in [0.15, 0.2) is 24.3 Å². The van der Waals surface area contributed by atoms with Crippen molar-refractivity contribution in [3.05, 3.63) is 35.4 Å². The van der Waals surface area contributed by atoms with E-state index in [0.29, 0.717) is 11.1 Å². The third-order valence-electron chi connectivity index (χ3n) is 2.67. The number of methoxy groups -OCH3 is 1. The van der Waals surface area contributed by atoms with E-state index < -0.39 is 16.0 Å². The predicted octanol–water partition coefficient (Wildman–Crippen LogP) is 0.521. The minimum absolute atomic E-state index is 0.0830. The molecule has 0 aromatic heterocycles. The predicted molar refractivity (Wildman–Crippen MR) is 74.7 cm³/mol. The van der Waals surface area contributed by atoms with E-state index in [-0.39, 0.29) is 24.8 Å². The van der Waals surface area contributed by atoms with E-state index in [0.717, 1.165) is 0 Å². The van der Waals surface area contributed by atoms with E-state index in [9.17, 15) is 13.2 Å². The van der Waals surface area contributed by atoms with Crippen LogP contribution in [0, 0.1) is 5.92 Å². The van der Waals surface area contributed by atoms with Crippen LogP contribution in [-0.4, -0.2) is 39.8 Å². The molecule has 0 spiro atoms. The summed E-state index contributed by atoms with van der Waals surface area (Å²) in [6, 6.07) is 6.28. The van der Waals surface area contributed by atoms with Crippen molar-refractivity contribution >= 4 is 16.0 Å². The zero-order chi connectivity index (χ0) is 15.2. The number of esters is 1. The molecule has 0 heterocycles. The number of hydrogen-bond donors (Lipinski definition) is 2. The Bertz CT molecular complexity index is 556. The van der Waals surface area contributed by atoms with E-state index in [2.05, 4.69) is 9.46 Å². The Morgan fingerprint density at radius 1 is 1.45 bits per heavy atom. The zero-order valence-corrected chi connectivity index (χ0v) is 12.3. The molecule has 1 atom stereocenters. The maximum Gasteiger partial charge on any atom is 0.337 e. The van der Waals surface area contributed by atoms with Crippen LogP contribution in [0.25, 0.3) is 0 Å². The number of carbonyl (C=O) groups is 1. The van der Waals surface area contributed by atoms with Crippen molar-refractivity contribution in [1.82, 2.24) is 4.72 Å². The number of sulfonamides is 1. The Morgan fingerprint density at radius 2 is 2.15 bits per heavy atom. The molecule has 0 bridgehead atoms. The van der Waals surface area contributed by atoms with Gasteiger partial charge in [-0.05, 0) is 23.6 Å². The van der Waals surface area contributed by atoms with Crippen LogP contribution in [0.5, 0.6) is 0 Å². The molecule has 0 fully saturated rings. The molecule has 20 heavy (non-hydrogen) atoms. The first kappa shape index (κ1) is 16.6. The molecule has 0 radical (unpaired) electrons. The number of ether oxygens (including phenoxy) is 1. The Morgan fingerprint density at radius 3 is 2.75 bits per heavy atom. The van der Waals surface area contributed by atoms with Crippen LogP contribution in [-0.2, 0) is 20.5 Å². The zero-order valence-electron chi connectivity index (χ0n) is 11.5. The van der Waals surface area contributed by atoms with Gasteiger partial charge in [-0.3, -0.25) is 0 Å². The molecular formula is C13H19NO5S. The molecule has 6 nitrogen and oxygen atoms in total. The molecule has 0 aliphatic heterocycles. The summed E-state index contributed by atoms with van der Waals surface area (Å²) in [5.41, 5.74) is 0.806. The fourth-order valence-corrected chi connectivity index (χ4v) is 2.77. The van der Waals surface area contributed by atoms with Gasteiger partial charge in [-0.25, -0.2) is 17.9 Å². The molecule has 1 rings (SSSR count). The number of carbonyl (C=O) groups excluding carboxylic acids is 1. The van der Waals surface area contributed by atoms with E-state index >= 15 is 0 Å². The number of benzene rings is 1. The first-order valence-electron chi connectivity index (χ1n) is 6.13. The van der Waals surface area contributed by atoms with Gasteiger partial charge in [0, 0.05) is 13.2 Å². The van der Waals surface area contributed by atoms with Crippen LogP contribution in [0.1, 0.15) is 22.8 Å². The molecule has 0 saturated heterocycles. The van der Waals surface area contributed by atoms with Crippen LogP contribution in [0.3, 0.4) is 0 Å². The third kappa shape index (κ3) is 5.28. The molecule has 7 heteroatoms. The standard InChI is InChI=1S/C13H19NO5S/c1-10(8-15)7-14-20(17,18)9-11-4-3-5-12(6-11)13(16)19-2/h3-6,10,14-15H,7-9H2,1-2H3. The number of aliphatic hydroxyl groups is 1. The van der Waals surface area contributed by atoms with Crippen molar-refractivity contribution in [2.75, 3.05) is 20.3 Å². The lowest BCUT2D eigenvalue weighted by Crippen LogP contribution is -2.30. The summed E-state index contributed by atoms with van der Waals surface area (Å²) in [5.74, 6) is -0.881. The van der Waals surface area contributed by atoms with E-state index in [1.165, 1.54) is 13.2 Å². The number of nitrogens with one attached hydrogen (secondary N) is 1. The first-order valence-corrected chi connectivity index (χ1v) is 7.78. The summed E-state index contributed by atoms with van der Waals surface area (Å²) >= 11 is 0. The topological polar surface area (TPSA) is 92.7 Å². The molecule has 0 aliphatic rings. The summed E-state index contributed by atoms with van der Waals surface area (Å²) in [6.07, 6.45) is 0. The maximum absolute atomic E-state index is 11.9. The minimum atomic E-state index is -3.50. The van der Waals surface area contributed by atoms with Crippen LogP contribution in [0.2, 0.25) is 0 Å². The van der Waals surface area contributed by atoms with Gasteiger partial charge in [0.05, 0.1) is 18.4 Å². The Hall–Kier alpha value is -1.44. The van der Waals surface area contributed by atoms with Gasteiger partial charge < -0.3 is 9.84 Å². The smallest absolute Gasteiger partial charge is 0.337 e. The van der Waals surface area contributed by atoms with E-state index in [1.807, 2.05) is 0 Å². The second-order valence-electron chi connectivity index (χ2n) is 4.59. The maximum atomic E-state index is 11.9. The van der Waals surface area contributed by atoms with Gasteiger partial charge in [0.25, 0.3) is 0 Å². The average Bonchev–Trinajstić information content (AvgIpc) is 2.43. The second-order valence-corrected chi connectivity index (χ2v) is 6.39. The van der Waals surface area contributed by atoms with Gasteiger partial charge in [-0.15, -0.1) is 0 Å². The lowest BCUT2D eigenvalue weighted by molar-refractivity contribution is 0.0600. The quantitative estimate of drug-likeness (QED) is 0.716. The van der Waals surface area contributed by atoms with Gasteiger partial charge >= 0.3 is 5.97 Å². The molecule has 1 unspecified atom stereocenters. The molecule has 0 aliphatic carbocycles. The van der Waals surface area contributed by atoms with Crippen molar-refractivity contribution in [3.63, 3.8) is 0 Å². The highest BCUT2D eigenvalue weighted by Gasteiger charge is 2.14. The number of aliphatic hydroxyl groups excluding tert-OH is 1. The highest BCUT2D eigenvalue weighted by atomic mass is 32.2. The van der Waals surface area contributed by atoms with Gasteiger partial charge in [0.15, 0.2) is 0 Å². The fourth-order valence-electron chi connectivity index (χ4n) is 1.51. The van der Waals surface area contributed by atoms with Gasteiger partial charge in [-0.1, -0.05) is 19.1 Å². The van der Waals surface area contributed by atoms with Crippen molar-refractivity contribution in [2.24, 2.45) is 5.92 Å². The van der Waals surface area contributed by atoms with Crippen molar-refractivity contribution in [1.29, 1.82) is 0 Å². The molecule has 0 saturated carbocycles. The van der Waals surface area contributed by atoms with Crippen molar-refractivity contribution in [2.45, 2.75) is 12.7 Å². The second kappa shape index (κ2) is 7.37. The normalized spacial score (nSPS) is 12.9. The summed E-state index contributed by atoms with van der Waals surface area (Å²) < 4.78 is 30.7. The van der Waals surface area contributed by atoms with Crippen molar-refractivity contribution < 1.29 is 23.1 Å². The largest absolute Gasteiger partial charge is 0.465 e. The van der Waals surface area contributed by atoms with Gasteiger partial charge in [0.2, 0.25) is 10.0 Å². The lowest BCUT2D eigenvalue weighted by atomic mass is 10.1. The van der Waals surface area contributed by atoms with Gasteiger partial charge in [-0.2, -0.15) is 0 Å². The van der Waals surface area contributed by atoms with Crippen LogP contribution >= 0.6 is 0 Å². The van der Waals surface area contributed by atoms with Gasteiger partial charge in [0.1, 0.15) is 0 Å². The monoisotopic (exact) mass is 301 g/mol. The van der Waals surface area contributed by atoms with E-state index in [1.54, 1.807) is 25.1 Å². The SMILES string of the molecule is COC(=O)c1cccc(CS(=O)(=O)NCC(C)CO)c1. The summed E-state index contributed by atoms with van der Waals surface area (Å²) in [7, 11) is -2.23.